The molecule has 7 heteroatoms. The monoisotopic (exact) mass is 392 g/mol. The molecule has 0 saturated carbocycles. The first kappa shape index (κ1) is 19.3. The van der Waals surface area contributed by atoms with Crippen LogP contribution in [0.25, 0.3) is 0 Å². The van der Waals surface area contributed by atoms with Crippen LogP contribution in [0.1, 0.15) is 45.9 Å². The number of fused-ring (bicyclic) bond motifs is 1. The molecule has 150 valence electrons. The highest BCUT2D eigenvalue weighted by Gasteiger charge is 2.39. The lowest BCUT2D eigenvalue weighted by atomic mass is 10.0. The number of rotatable bonds is 6. The van der Waals surface area contributed by atoms with Gasteiger partial charge in [-0.05, 0) is 23.1 Å². The first-order valence-corrected chi connectivity index (χ1v) is 9.81. The Hall–Kier alpha value is -3.03. The quantitative estimate of drug-likeness (QED) is 0.642. The van der Waals surface area contributed by atoms with Crippen molar-refractivity contribution >= 4 is 17.7 Å². The van der Waals surface area contributed by atoms with E-state index < -0.39 is 11.9 Å². The van der Waals surface area contributed by atoms with Crippen LogP contribution in [0.2, 0.25) is 0 Å². The molecule has 0 aromatic heterocycles. The second-order valence-corrected chi connectivity index (χ2v) is 7.50. The molecule has 2 aromatic rings. The number of nitrogens with two attached hydrogens (primary N) is 1. The number of amides is 3. The first-order valence-electron chi connectivity index (χ1n) is 9.81. The third-order valence-electron chi connectivity index (χ3n) is 5.55. The van der Waals surface area contributed by atoms with Crippen LogP contribution < -0.4 is 16.4 Å². The molecule has 2 heterocycles. The first-order chi connectivity index (χ1) is 14.0. The molecule has 3 amide bonds. The molecular weight excluding hydrogens is 368 g/mol. The Morgan fingerprint density at radius 3 is 2.66 bits per heavy atom. The van der Waals surface area contributed by atoms with Gasteiger partial charge in [0.1, 0.15) is 6.04 Å². The summed E-state index contributed by atoms with van der Waals surface area (Å²) in [5, 5.41) is 5.67. The second kappa shape index (κ2) is 8.14. The molecule has 1 saturated heterocycles. The summed E-state index contributed by atoms with van der Waals surface area (Å²) < 4.78 is 0. The van der Waals surface area contributed by atoms with Crippen molar-refractivity contribution in [2.45, 2.75) is 38.0 Å². The highest BCUT2D eigenvalue weighted by Crippen LogP contribution is 2.29. The van der Waals surface area contributed by atoms with Gasteiger partial charge in [0.25, 0.3) is 5.91 Å². The van der Waals surface area contributed by atoms with Gasteiger partial charge in [-0.25, -0.2) is 0 Å². The average molecular weight is 392 g/mol. The van der Waals surface area contributed by atoms with E-state index in [4.69, 9.17) is 5.73 Å². The summed E-state index contributed by atoms with van der Waals surface area (Å²) in [5.74, 6) is -0.828. The van der Waals surface area contributed by atoms with E-state index in [1.54, 1.807) is 4.90 Å². The zero-order valence-electron chi connectivity index (χ0n) is 16.1. The SMILES string of the molecule is NC(CNCc1cccc2c1C(=O)N(C1CCC(=O)NC1=O)C2)c1ccccc1. The van der Waals surface area contributed by atoms with E-state index in [9.17, 15) is 14.4 Å². The van der Waals surface area contributed by atoms with Crippen LogP contribution in [0.4, 0.5) is 0 Å². The minimum atomic E-state index is -0.597. The van der Waals surface area contributed by atoms with Crippen LogP contribution in [-0.4, -0.2) is 35.2 Å². The standard InChI is InChI=1S/C22H24N4O3/c23-17(14-5-2-1-3-6-14)12-24-11-15-7-4-8-16-13-26(22(29)20(15)16)18-9-10-19(27)25-21(18)28/h1-8,17-18,24H,9-13,23H2,(H,25,27,28). The molecule has 0 spiro atoms. The number of nitrogens with one attached hydrogen (secondary N) is 2. The normalized spacial score (nSPS) is 19.8. The minimum absolute atomic E-state index is 0.136. The molecule has 0 radical (unpaired) electrons. The number of piperidine rings is 1. The van der Waals surface area contributed by atoms with Gasteiger partial charge >= 0.3 is 0 Å². The van der Waals surface area contributed by atoms with E-state index in [1.165, 1.54) is 0 Å². The molecular formula is C22H24N4O3. The zero-order valence-corrected chi connectivity index (χ0v) is 16.1. The zero-order chi connectivity index (χ0) is 20.4. The molecule has 4 N–H and O–H groups in total. The number of benzene rings is 2. The topological polar surface area (TPSA) is 105 Å². The molecule has 0 bridgehead atoms. The van der Waals surface area contributed by atoms with Crippen molar-refractivity contribution < 1.29 is 14.4 Å². The van der Waals surface area contributed by atoms with Crippen molar-refractivity contribution in [3.63, 3.8) is 0 Å². The molecule has 2 unspecified atom stereocenters. The predicted molar refractivity (Wildman–Crippen MR) is 108 cm³/mol. The largest absolute Gasteiger partial charge is 0.323 e. The molecule has 2 atom stereocenters. The van der Waals surface area contributed by atoms with E-state index in [-0.39, 0.29) is 24.3 Å². The molecule has 1 fully saturated rings. The number of carbonyl (C=O) groups is 3. The fraction of sp³-hybridized carbons (Fsp3) is 0.318. The van der Waals surface area contributed by atoms with Crippen LogP contribution in [0.15, 0.2) is 48.5 Å². The Kier molecular flexibility index (Phi) is 5.42. The van der Waals surface area contributed by atoms with Crippen LogP contribution in [-0.2, 0) is 22.7 Å². The summed E-state index contributed by atoms with van der Waals surface area (Å²) in [4.78, 5) is 38.3. The molecule has 29 heavy (non-hydrogen) atoms. The highest BCUT2D eigenvalue weighted by atomic mass is 16.2. The Morgan fingerprint density at radius 2 is 1.90 bits per heavy atom. The van der Waals surface area contributed by atoms with E-state index in [1.807, 2.05) is 48.5 Å². The van der Waals surface area contributed by atoms with Gasteiger partial charge in [-0.2, -0.15) is 0 Å². The molecule has 0 aliphatic carbocycles. The summed E-state index contributed by atoms with van der Waals surface area (Å²) in [6.45, 7) is 1.48. The van der Waals surface area contributed by atoms with Gasteiger partial charge in [0.2, 0.25) is 11.8 Å². The lowest BCUT2D eigenvalue weighted by molar-refractivity contribution is -0.136. The van der Waals surface area contributed by atoms with Crippen molar-refractivity contribution in [3.8, 4) is 0 Å². The number of nitrogens with zero attached hydrogens (tertiary/aromatic N) is 1. The fourth-order valence-electron chi connectivity index (χ4n) is 4.02. The average Bonchev–Trinajstić information content (AvgIpc) is 3.06. The summed E-state index contributed by atoms with van der Waals surface area (Å²) in [7, 11) is 0. The molecule has 7 nitrogen and oxygen atoms in total. The Bertz CT molecular complexity index is 944. The number of imide groups is 1. The predicted octanol–water partition coefficient (Wildman–Crippen LogP) is 1.24. The third kappa shape index (κ3) is 3.92. The summed E-state index contributed by atoms with van der Waals surface area (Å²) in [6, 6.07) is 14.9. The minimum Gasteiger partial charge on any atom is -0.323 e. The molecule has 2 aromatic carbocycles. The molecule has 2 aliphatic heterocycles. The second-order valence-electron chi connectivity index (χ2n) is 7.50. The molecule has 2 aliphatic rings. The van der Waals surface area contributed by atoms with Gasteiger partial charge in [-0.15, -0.1) is 0 Å². The van der Waals surface area contributed by atoms with E-state index in [0.717, 1.165) is 16.7 Å². The lowest BCUT2D eigenvalue weighted by Gasteiger charge is -2.29. The number of carbonyl (C=O) groups excluding carboxylic acids is 3. The maximum absolute atomic E-state index is 13.1. The van der Waals surface area contributed by atoms with Crippen molar-refractivity contribution in [1.29, 1.82) is 0 Å². The van der Waals surface area contributed by atoms with Crippen LogP contribution >= 0.6 is 0 Å². The Balaban J connectivity index is 1.43. The van der Waals surface area contributed by atoms with Crippen molar-refractivity contribution in [3.05, 3.63) is 70.8 Å². The summed E-state index contributed by atoms with van der Waals surface area (Å²) in [6.07, 6.45) is 0.617. The van der Waals surface area contributed by atoms with Crippen LogP contribution in [0.3, 0.4) is 0 Å². The van der Waals surface area contributed by atoms with Gasteiger partial charge < -0.3 is 16.0 Å². The van der Waals surface area contributed by atoms with E-state index in [0.29, 0.717) is 31.6 Å². The summed E-state index contributed by atoms with van der Waals surface area (Å²) >= 11 is 0. The van der Waals surface area contributed by atoms with Gasteiger partial charge in [0.05, 0.1) is 0 Å². The van der Waals surface area contributed by atoms with Gasteiger partial charge in [0, 0.05) is 37.7 Å². The number of hydrogen-bond donors (Lipinski definition) is 3. The smallest absolute Gasteiger partial charge is 0.255 e. The van der Waals surface area contributed by atoms with Gasteiger partial charge in [0.15, 0.2) is 0 Å². The van der Waals surface area contributed by atoms with Gasteiger partial charge in [-0.3, -0.25) is 19.7 Å². The van der Waals surface area contributed by atoms with Crippen LogP contribution in [0.5, 0.6) is 0 Å². The van der Waals surface area contributed by atoms with Crippen molar-refractivity contribution in [1.82, 2.24) is 15.5 Å². The van der Waals surface area contributed by atoms with E-state index >= 15 is 0 Å². The van der Waals surface area contributed by atoms with Crippen LogP contribution in [0, 0.1) is 0 Å². The lowest BCUT2D eigenvalue weighted by Crippen LogP contribution is -2.52. The van der Waals surface area contributed by atoms with Gasteiger partial charge in [-0.1, -0.05) is 48.5 Å². The number of hydrogen-bond acceptors (Lipinski definition) is 5. The van der Waals surface area contributed by atoms with Crippen molar-refractivity contribution in [2.24, 2.45) is 5.73 Å². The van der Waals surface area contributed by atoms with Crippen molar-refractivity contribution in [2.75, 3.05) is 6.54 Å². The maximum atomic E-state index is 13.1. The Labute approximate surface area is 169 Å². The third-order valence-corrected chi connectivity index (χ3v) is 5.55. The fourth-order valence-corrected chi connectivity index (χ4v) is 4.02. The highest BCUT2D eigenvalue weighted by molar-refractivity contribution is 6.05. The van der Waals surface area contributed by atoms with E-state index in [2.05, 4.69) is 10.6 Å². The maximum Gasteiger partial charge on any atom is 0.255 e. The Morgan fingerprint density at radius 1 is 1.10 bits per heavy atom. The molecule has 4 rings (SSSR count). The summed E-state index contributed by atoms with van der Waals surface area (Å²) in [5.41, 5.74) is 9.74.